The van der Waals surface area contributed by atoms with E-state index in [-0.39, 0.29) is 12.7 Å². The Morgan fingerprint density at radius 1 is 1.33 bits per heavy atom. The average Bonchev–Trinajstić information content (AvgIpc) is 2.91. The summed E-state index contributed by atoms with van der Waals surface area (Å²) in [7, 11) is 0. The molecule has 0 atom stereocenters. The molecule has 1 N–H and O–H groups in total. The summed E-state index contributed by atoms with van der Waals surface area (Å²) in [4.78, 5) is 14.1. The van der Waals surface area contributed by atoms with Crippen LogP contribution in [0.25, 0.3) is 0 Å². The van der Waals surface area contributed by atoms with Crippen LogP contribution in [0.4, 0.5) is 0 Å². The lowest BCUT2D eigenvalue weighted by Gasteiger charge is -2.21. The molecule has 0 aromatic heterocycles. The molecular formula is C16H24N2O3. The van der Waals surface area contributed by atoms with Gasteiger partial charge in [0, 0.05) is 32.1 Å². The van der Waals surface area contributed by atoms with Gasteiger partial charge in [-0.25, -0.2) is 0 Å². The van der Waals surface area contributed by atoms with E-state index in [4.69, 9.17) is 9.47 Å². The first-order valence-electron chi connectivity index (χ1n) is 7.49. The second-order valence-corrected chi connectivity index (χ2v) is 5.45. The number of amides is 1. The quantitative estimate of drug-likeness (QED) is 0.836. The number of nitrogens with zero attached hydrogens (tertiary/aromatic N) is 1. The number of hydrogen-bond donors (Lipinski definition) is 1. The van der Waals surface area contributed by atoms with Crippen LogP contribution < -0.4 is 14.8 Å². The van der Waals surface area contributed by atoms with Gasteiger partial charge in [0.15, 0.2) is 11.5 Å². The maximum Gasteiger partial charge on any atom is 0.231 e. The van der Waals surface area contributed by atoms with Crippen molar-refractivity contribution in [3.05, 3.63) is 23.8 Å². The molecule has 0 saturated heterocycles. The van der Waals surface area contributed by atoms with Crippen LogP contribution in [-0.4, -0.2) is 36.7 Å². The summed E-state index contributed by atoms with van der Waals surface area (Å²) >= 11 is 0. The Labute approximate surface area is 126 Å². The maximum absolute atomic E-state index is 12.2. The van der Waals surface area contributed by atoms with Crippen LogP contribution in [-0.2, 0) is 11.3 Å². The van der Waals surface area contributed by atoms with Gasteiger partial charge in [0.1, 0.15) is 0 Å². The third kappa shape index (κ3) is 4.36. The Balaban J connectivity index is 1.90. The first-order chi connectivity index (χ1) is 10.1. The number of fused-ring (bicyclic) bond motifs is 1. The molecule has 5 heteroatoms. The predicted molar refractivity (Wildman–Crippen MR) is 81.4 cm³/mol. The zero-order valence-electron chi connectivity index (χ0n) is 13.0. The van der Waals surface area contributed by atoms with Gasteiger partial charge in [-0.15, -0.1) is 0 Å². The molecule has 21 heavy (non-hydrogen) atoms. The molecular weight excluding hydrogens is 268 g/mol. The van der Waals surface area contributed by atoms with Crippen LogP contribution in [0.15, 0.2) is 18.2 Å². The largest absolute Gasteiger partial charge is 0.454 e. The summed E-state index contributed by atoms with van der Waals surface area (Å²) in [5.74, 6) is 1.70. The molecule has 1 amide bonds. The number of carbonyl (C=O) groups is 1. The van der Waals surface area contributed by atoms with Crippen LogP contribution in [0.5, 0.6) is 11.5 Å². The normalized spacial score (nSPS) is 12.8. The Morgan fingerprint density at radius 2 is 2.10 bits per heavy atom. The van der Waals surface area contributed by atoms with E-state index in [1.807, 2.05) is 30.0 Å². The average molecular weight is 292 g/mol. The van der Waals surface area contributed by atoms with E-state index >= 15 is 0 Å². The Morgan fingerprint density at radius 3 is 2.81 bits per heavy atom. The zero-order chi connectivity index (χ0) is 15.2. The van der Waals surface area contributed by atoms with Crippen molar-refractivity contribution in [2.45, 2.75) is 39.8 Å². The molecule has 1 aromatic carbocycles. The van der Waals surface area contributed by atoms with E-state index in [0.29, 0.717) is 32.1 Å². The fourth-order valence-electron chi connectivity index (χ4n) is 2.26. The molecule has 1 aliphatic rings. The SMILES string of the molecule is CCN(Cc1ccc2c(c1)OCO2)C(=O)CCNC(C)C. The summed E-state index contributed by atoms with van der Waals surface area (Å²) in [6.07, 6.45) is 0.524. The van der Waals surface area contributed by atoms with Gasteiger partial charge in [-0.3, -0.25) is 4.79 Å². The zero-order valence-corrected chi connectivity index (χ0v) is 13.0. The van der Waals surface area contributed by atoms with Crippen LogP contribution in [0.2, 0.25) is 0 Å². The number of ether oxygens (including phenoxy) is 2. The monoisotopic (exact) mass is 292 g/mol. The lowest BCUT2D eigenvalue weighted by Crippen LogP contribution is -2.34. The molecule has 0 bridgehead atoms. The lowest BCUT2D eigenvalue weighted by molar-refractivity contribution is -0.131. The molecule has 0 saturated carbocycles. The van der Waals surface area contributed by atoms with Gasteiger partial charge in [0.25, 0.3) is 0 Å². The standard InChI is InChI=1S/C16H24N2O3/c1-4-18(16(19)7-8-17-12(2)3)10-13-5-6-14-15(9-13)21-11-20-14/h5-6,9,12,17H,4,7-8,10-11H2,1-3H3. The van der Waals surface area contributed by atoms with E-state index < -0.39 is 0 Å². The van der Waals surface area contributed by atoms with Crippen molar-refractivity contribution < 1.29 is 14.3 Å². The maximum atomic E-state index is 12.2. The highest BCUT2D eigenvalue weighted by molar-refractivity contribution is 5.76. The van der Waals surface area contributed by atoms with E-state index in [1.54, 1.807) is 0 Å². The van der Waals surface area contributed by atoms with Gasteiger partial charge < -0.3 is 19.7 Å². The van der Waals surface area contributed by atoms with Crippen molar-refractivity contribution in [3.63, 3.8) is 0 Å². The van der Waals surface area contributed by atoms with Crippen LogP contribution >= 0.6 is 0 Å². The van der Waals surface area contributed by atoms with Crippen LogP contribution in [0, 0.1) is 0 Å². The third-order valence-corrected chi connectivity index (χ3v) is 3.44. The number of hydrogen-bond acceptors (Lipinski definition) is 4. The number of rotatable bonds is 7. The molecule has 0 unspecified atom stereocenters. The summed E-state index contributed by atoms with van der Waals surface area (Å²) in [6, 6.07) is 6.23. The Bertz CT molecular complexity index is 488. The minimum absolute atomic E-state index is 0.170. The number of benzene rings is 1. The van der Waals surface area contributed by atoms with Gasteiger partial charge in [0.2, 0.25) is 12.7 Å². The van der Waals surface area contributed by atoms with Crippen molar-refractivity contribution in [3.8, 4) is 11.5 Å². The number of carbonyl (C=O) groups excluding carboxylic acids is 1. The fourth-order valence-corrected chi connectivity index (χ4v) is 2.26. The van der Waals surface area contributed by atoms with E-state index in [1.165, 1.54) is 0 Å². The molecule has 116 valence electrons. The topological polar surface area (TPSA) is 50.8 Å². The highest BCUT2D eigenvalue weighted by Crippen LogP contribution is 2.32. The first kappa shape index (κ1) is 15.6. The van der Waals surface area contributed by atoms with Crippen molar-refractivity contribution >= 4 is 5.91 Å². The second kappa shape index (κ2) is 7.31. The number of nitrogens with one attached hydrogen (secondary N) is 1. The Hall–Kier alpha value is -1.75. The summed E-state index contributed by atoms with van der Waals surface area (Å²) in [5.41, 5.74) is 1.06. The minimum Gasteiger partial charge on any atom is -0.454 e. The third-order valence-electron chi connectivity index (χ3n) is 3.44. The van der Waals surface area contributed by atoms with Crippen molar-refractivity contribution in [1.29, 1.82) is 0 Å². The van der Waals surface area contributed by atoms with Crippen LogP contribution in [0.1, 0.15) is 32.8 Å². The molecule has 5 nitrogen and oxygen atoms in total. The minimum atomic E-state index is 0.170. The van der Waals surface area contributed by atoms with Crippen molar-refractivity contribution in [2.24, 2.45) is 0 Å². The van der Waals surface area contributed by atoms with Gasteiger partial charge in [0.05, 0.1) is 0 Å². The molecule has 1 aliphatic heterocycles. The molecule has 0 aliphatic carbocycles. The van der Waals surface area contributed by atoms with Gasteiger partial charge >= 0.3 is 0 Å². The molecule has 1 aromatic rings. The molecule has 1 heterocycles. The van der Waals surface area contributed by atoms with E-state index in [9.17, 15) is 4.79 Å². The first-order valence-corrected chi connectivity index (χ1v) is 7.49. The predicted octanol–water partition coefficient (Wildman–Crippen LogP) is 2.15. The second-order valence-electron chi connectivity index (χ2n) is 5.45. The van der Waals surface area contributed by atoms with Gasteiger partial charge in [-0.05, 0) is 24.6 Å². The highest BCUT2D eigenvalue weighted by Gasteiger charge is 2.16. The van der Waals surface area contributed by atoms with Gasteiger partial charge in [-0.2, -0.15) is 0 Å². The fraction of sp³-hybridized carbons (Fsp3) is 0.562. The smallest absolute Gasteiger partial charge is 0.231 e. The van der Waals surface area contributed by atoms with Gasteiger partial charge in [-0.1, -0.05) is 19.9 Å². The Kier molecular flexibility index (Phi) is 5.44. The lowest BCUT2D eigenvalue weighted by atomic mass is 10.2. The summed E-state index contributed by atoms with van der Waals surface area (Å²) < 4.78 is 10.7. The summed E-state index contributed by atoms with van der Waals surface area (Å²) in [5, 5.41) is 3.27. The van der Waals surface area contributed by atoms with Crippen molar-refractivity contribution in [1.82, 2.24) is 10.2 Å². The molecule has 0 radical (unpaired) electrons. The highest BCUT2D eigenvalue weighted by atomic mass is 16.7. The van der Waals surface area contributed by atoms with E-state index in [0.717, 1.165) is 17.1 Å². The molecule has 0 spiro atoms. The molecule has 0 fully saturated rings. The molecule has 2 rings (SSSR count). The van der Waals surface area contributed by atoms with Crippen molar-refractivity contribution in [2.75, 3.05) is 19.9 Å². The van der Waals surface area contributed by atoms with Crippen LogP contribution in [0.3, 0.4) is 0 Å². The van der Waals surface area contributed by atoms with E-state index in [2.05, 4.69) is 19.2 Å². The summed E-state index contributed by atoms with van der Waals surface area (Å²) in [6.45, 7) is 8.46.